The molecule has 1 amide bonds. The topological polar surface area (TPSA) is 82.8 Å². The van der Waals surface area contributed by atoms with Gasteiger partial charge >= 0.3 is 7.12 Å². The number of nitrogens with two attached hydrogens (primary N) is 1. The summed E-state index contributed by atoms with van der Waals surface area (Å²) in [5.41, 5.74) is 4.81. The lowest BCUT2D eigenvalue weighted by Gasteiger charge is -2.36. The number of amides is 1. The highest BCUT2D eigenvalue weighted by molar-refractivity contribution is 6.45. The van der Waals surface area contributed by atoms with E-state index < -0.39 is 5.54 Å². The summed E-state index contributed by atoms with van der Waals surface area (Å²) < 4.78 is 17.7. The molecule has 0 saturated carbocycles. The zero-order valence-corrected chi connectivity index (χ0v) is 16.5. The highest BCUT2D eigenvalue weighted by Gasteiger charge is 2.51. The average molecular weight is 354 g/mol. The number of carbonyl (C=O) groups excluding carboxylic acids is 1. The van der Waals surface area contributed by atoms with Crippen molar-refractivity contribution in [1.82, 2.24) is 5.32 Å². The summed E-state index contributed by atoms with van der Waals surface area (Å²) in [5, 5.41) is 2.94. The predicted octanol–water partition coefficient (Wildman–Crippen LogP) is 2.12. The fourth-order valence-electron chi connectivity index (χ4n) is 3.39. The number of ether oxygens (including phenoxy) is 1. The molecule has 0 bridgehead atoms. The molecule has 0 radical (unpaired) electrons. The largest absolute Gasteiger partial charge is 0.457 e. The minimum atomic E-state index is -0.924. The van der Waals surface area contributed by atoms with Crippen molar-refractivity contribution in [2.75, 3.05) is 19.8 Å². The minimum absolute atomic E-state index is 0.0960. The van der Waals surface area contributed by atoms with Crippen LogP contribution in [0.15, 0.2) is 0 Å². The van der Waals surface area contributed by atoms with Crippen LogP contribution in [-0.4, -0.2) is 49.5 Å². The van der Waals surface area contributed by atoms with Crippen molar-refractivity contribution in [2.45, 2.75) is 83.4 Å². The van der Waals surface area contributed by atoms with E-state index in [0.29, 0.717) is 19.6 Å². The first-order chi connectivity index (χ1) is 11.6. The molecule has 2 saturated heterocycles. The lowest BCUT2D eigenvalue weighted by molar-refractivity contribution is -0.133. The van der Waals surface area contributed by atoms with Gasteiger partial charge < -0.3 is 25.1 Å². The van der Waals surface area contributed by atoms with Gasteiger partial charge in [0.1, 0.15) is 5.54 Å². The summed E-state index contributed by atoms with van der Waals surface area (Å²) in [6, 6.07) is 0. The molecule has 0 aromatic carbocycles. The van der Waals surface area contributed by atoms with Gasteiger partial charge in [0.15, 0.2) is 0 Å². The number of nitrogens with one attached hydrogen (secondary N) is 1. The van der Waals surface area contributed by atoms with E-state index in [1.165, 1.54) is 0 Å². The van der Waals surface area contributed by atoms with E-state index in [2.05, 4.69) is 39.9 Å². The molecule has 6 nitrogen and oxygen atoms in total. The Morgan fingerprint density at radius 1 is 1.24 bits per heavy atom. The number of hydrogen-bond donors (Lipinski definition) is 2. The average Bonchev–Trinajstić information content (AvgIpc) is 2.73. The standard InChI is InChI=1S/C18H35BN2O4/c1-6-7-10-21-15(22)18(20)11-14(12-23-13-18)8-9-19-24-16(2,3)17(4,5)25-19/h14H,6-13,20H2,1-5H3,(H,21,22)/t14-,18+/m0/s1. The van der Waals surface area contributed by atoms with Gasteiger partial charge in [-0.1, -0.05) is 13.3 Å². The van der Waals surface area contributed by atoms with Crippen molar-refractivity contribution in [3.05, 3.63) is 0 Å². The van der Waals surface area contributed by atoms with Gasteiger partial charge in [0.05, 0.1) is 17.8 Å². The van der Waals surface area contributed by atoms with Crippen LogP contribution in [0, 0.1) is 5.92 Å². The predicted molar refractivity (Wildman–Crippen MR) is 99.3 cm³/mol. The van der Waals surface area contributed by atoms with E-state index in [-0.39, 0.29) is 36.8 Å². The third-order valence-corrected chi connectivity index (χ3v) is 5.75. The molecule has 0 aromatic rings. The maximum absolute atomic E-state index is 12.4. The summed E-state index contributed by atoms with van der Waals surface area (Å²) in [7, 11) is -0.211. The van der Waals surface area contributed by atoms with Crippen LogP contribution in [0.5, 0.6) is 0 Å². The molecule has 2 aliphatic heterocycles. The fourth-order valence-corrected chi connectivity index (χ4v) is 3.39. The van der Waals surface area contributed by atoms with E-state index in [9.17, 15) is 4.79 Å². The van der Waals surface area contributed by atoms with E-state index in [1.807, 2.05) is 0 Å². The summed E-state index contributed by atoms with van der Waals surface area (Å²) in [4.78, 5) is 12.4. The summed E-state index contributed by atoms with van der Waals surface area (Å²) in [6.45, 7) is 11.9. The molecule has 0 spiro atoms. The molecule has 0 unspecified atom stereocenters. The summed E-state index contributed by atoms with van der Waals surface area (Å²) >= 11 is 0. The van der Waals surface area contributed by atoms with Crippen LogP contribution in [0.3, 0.4) is 0 Å². The molecule has 2 rings (SSSR count). The second-order valence-electron chi connectivity index (χ2n) is 8.61. The minimum Gasteiger partial charge on any atom is -0.403 e. The van der Waals surface area contributed by atoms with Gasteiger partial charge in [0.2, 0.25) is 5.91 Å². The van der Waals surface area contributed by atoms with Crippen molar-refractivity contribution in [1.29, 1.82) is 0 Å². The molecule has 2 atom stereocenters. The Morgan fingerprint density at radius 2 is 1.88 bits per heavy atom. The van der Waals surface area contributed by atoms with Crippen molar-refractivity contribution >= 4 is 13.0 Å². The first-order valence-corrected chi connectivity index (χ1v) is 9.60. The van der Waals surface area contributed by atoms with Gasteiger partial charge in [-0.15, -0.1) is 0 Å². The Morgan fingerprint density at radius 3 is 2.48 bits per heavy atom. The SMILES string of the molecule is CCCCNC(=O)[C@]1(N)COC[C@@H](CCB2OC(C)(C)C(C)(C)O2)C1. The first kappa shape index (κ1) is 20.7. The van der Waals surface area contributed by atoms with Crippen LogP contribution in [0.2, 0.25) is 6.32 Å². The second kappa shape index (κ2) is 7.95. The molecule has 2 aliphatic rings. The quantitative estimate of drug-likeness (QED) is 0.541. The zero-order valence-electron chi connectivity index (χ0n) is 16.5. The van der Waals surface area contributed by atoms with Crippen molar-refractivity contribution in [3.63, 3.8) is 0 Å². The molecule has 2 heterocycles. The van der Waals surface area contributed by atoms with Gasteiger partial charge in [-0.05, 0) is 59.2 Å². The summed E-state index contributed by atoms with van der Waals surface area (Å²) in [6.07, 6.45) is 4.32. The van der Waals surface area contributed by atoms with Gasteiger partial charge in [0, 0.05) is 13.2 Å². The third kappa shape index (κ3) is 4.97. The molecule has 25 heavy (non-hydrogen) atoms. The Kier molecular flexibility index (Phi) is 6.57. The smallest absolute Gasteiger partial charge is 0.403 e. The molecule has 144 valence electrons. The molecule has 7 heteroatoms. The van der Waals surface area contributed by atoms with Crippen LogP contribution >= 0.6 is 0 Å². The first-order valence-electron chi connectivity index (χ1n) is 9.60. The molecular weight excluding hydrogens is 319 g/mol. The van der Waals surface area contributed by atoms with E-state index in [1.54, 1.807) is 0 Å². The molecular formula is C18H35BN2O4. The Bertz CT molecular complexity index is 456. The Balaban J connectivity index is 1.82. The van der Waals surface area contributed by atoms with Crippen molar-refractivity contribution in [2.24, 2.45) is 11.7 Å². The molecule has 3 N–H and O–H groups in total. The van der Waals surface area contributed by atoms with Crippen LogP contribution < -0.4 is 11.1 Å². The van der Waals surface area contributed by atoms with Gasteiger partial charge in [-0.3, -0.25) is 4.79 Å². The van der Waals surface area contributed by atoms with Gasteiger partial charge in [-0.2, -0.15) is 0 Å². The molecule has 0 aliphatic carbocycles. The summed E-state index contributed by atoms with van der Waals surface area (Å²) in [5.74, 6) is 0.149. The highest BCUT2D eigenvalue weighted by Crippen LogP contribution is 2.38. The maximum atomic E-state index is 12.4. The Hall–Kier alpha value is -0.625. The number of carbonyl (C=O) groups is 1. The lowest BCUT2D eigenvalue weighted by Crippen LogP contribution is -2.60. The monoisotopic (exact) mass is 354 g/mol. The third-order valence-electron chi connectivity index (χ3n) is 5.75. The maximum Gasteiger partial charge on any atom is 0.457 e. The Labute approximate surface area is 152 Å². The van der Waals surface area contributed by atoms with Gasteiger partial charge in [0.25, 0.3) is 0 Å². The molecule has 0 aromatic heterocycles. The lowest BCUT2D eigenvalue weighted by atomic mass is 9.76. The van der Waals surface area contributed by atoms with Crippen molar-refractivity contribution < 1.29 is 18.8 Å². The van der Waals surface area contributed by atoms with Crippen LogP contribution in [0.1, 0.15) is 60.3 Å². The number of hydrogen-bond acceptors (Lipinski definition) is 5. The van der Waals surface area contributed by atoms with Crippen LogP contribution in [0.4, 0.5) is 0 Å². The van der Waals surface area contributed by atoms with Crippen LogP contribution in [-0.2, 0) is 18.8 Å². The molecule has 2 fully saturated rings. The van der Waals surface area contributed by atoms with E-state index in [4.69, 9.17) is 19.8 Å². The normalized spacial score (nSPS) is 31.1. The van der Waals surface area contributed by atoms with E-state index in [0.717, 1.165) is 25.6 Å². The zero-order chi connectivity index (χ0) is 18.7. The van der Waals surface area contributed by atoms with E-state index >= 15 is 0 Å². The van der Waals surface area contributed by atoms with Crippen LogP contribution in [0.25, 0.3) is 0 Å². The fraction of sp³-hybridized carbons (Fsp3) is 0.944. The number of rotatable bonds is 7. The van der Waals surface area contributed by atoms with Gasteiger partial charge in [-0.25, -0.2) is 0 Å². The second-order valence-corrected chi connectivity index (χ2v) is 8.61. The highest BCUT2D eigenvalue weighted by atomic mass is 16.7. The number of unbranched alkanes of at least 4 members (excludes halogenated alkanes) is 1. The van der Waals surface area contributed by atoms with Crippen molar-refractivity contribution in [3.8, 4) is 0 Å².